The number of rotatable bonds is 6. The number of hydrogen-bond donors (Lipinski definition) is 1. The Hall–Kier alpha value is -1.36. The Bertz CT molecular complexity index is 464. The number of nitrogens with one attached hydrogen (secondary N) is 1. The lowest BCUT2D eigenvalue weighted by molar-refractivity contribution is 0.0524. The molecule has 1 N–H and O–H groups in total. The first kappa shape index (κ1) is 16.0. The quantitative estimate of drug-likeness (QED) is 0.819. The number of carbonyl (C=O) groups excluding carboxylic acids is 1. The van der Waals surface area contributed by atoms with Gasteiger partial charge < -0.3 is 10.1 Å². The van der Waals surface area contributed by atoms with E-state index in [2.05, 4.69) is 17.3 Å². The van der Waals surface area contributed by atoms with Gasteiger partial charge in [-0.05, 0) is 32.6 Å². The van der Waals surface area contributed by atoms with Crippen LogP contribution >= 0.6 is 0 Å². The molecule has 1 aliphatic rings. The maximum Gasteiger partial charge on any atom is 0.341 e. The molecule has 1 aromatic heterocycles. The Kier molecular flexibility index (Phi) is 5.79. The van der Waals surface area contributed by atoms with Crippen molar-refractivity contribution in [3.8, 4) is 0 Å². The van der Waals surface area contributed by atoms with Crippen LogP contribution < -0.4 is 5.32 Å². The molecule has 1 aliphatic carbocycles. The van der Waals surface area contributed by atoms with Crippen LogP contribution in [-0.2, 0) is 18.3 Å². The maximum absolute atomic E-state index is 11.9. The van der Waals surface area contributed by atoms with E-state index < -0.39 is 0 Å². The van der Waals surface area contributed by atoms with Crippen molar-refractivity contribution >= 4 is 5.97 Å². The molecular formula is C16H27N3O2. The van der Waals surface area contributed by atoms with Gasteiger partial charge in [0.15, 0.2) is 0 Å². The summed E-state index contributed by atoms with van der Waals surface area (Å²) in [6.45, 7) is 5.11. The summed E-state index contributed by atoms with van der Waals surface area (Å²) in [5, 5.41) is 7.75. The number of aromatic nitrogens is 2. The van der Waals surface area contributed by atoms with Crippen LogP contribution in [0.3, 0.4) is 0 Å². The third-order valence-corrected chi connectivity index (χ3v) is 4.51. The summed E-state index contributed by atoms with van der Waals surface area (Å²) in [6.07, 6.45) is 8.28. The van der Waals surface area contributed by atoms with Gasteiger partial charge in [0.2, 0.25) is 0 Å². The first-order valence-electron chi connectivity index (χ1n) is 8.04. The molecule has 0 amide bonds. The Morgan fingerprint density at radius 3 is 2.86 bits per heavy atom. The first-order chi connectivity index (χ1) is 10.1. The van der Waals surface area contributed by atoms with Gasteiger partial charge in [0, 0.05) is 19.6 Å². The average molecular weight is 293 g/mol. The van der Waals surface area contributed by atoms with Crippen LogP contribution in [0.5, 0.6) is 0 Å². The van der Waals surface area contributed by atoms with Gasteiger partial charge in [-0.1, -0.05) is 19.3 Å². The molecule has 1 fully saturated rings. The smallest absolute Gasteiger partial charge is 0.341 e. The van der Waals surface area contributed by atoms with Crippen LogP contribution in [0.4, 0.5) is 0 Å². The zero-order valence-electron chi connectivity index (χ0n) is 13.4. The summed E-state index contributed by atoms with van der Waals surface area (Å²) >= 11 is 0. The minimum Gasteiger partial charge on any atom is -0.462 e. The Balaban J connectivity index is 1.95. The normalized spacial score (nSPS) is 17.7. The summed E-state index contributed by atoms with van der Waals surface area (Å²) in [5.41, 5.74) is 1.47. The van der Waals surface area contributed by atoms with Crippen molar-refractivity contribution in [3.05, 3.63) is 17.5 Å². The Labute approximate surface area is 127 Å². The van der Waals surface area contributed by atoms with Crippen molar-refractivity contribution in [2.24, 2.45) is 13.0 Å². The van der Waals surface area contributed by atoms with Gasteiger partial charge in [0.1, 0.15) is 5.56 Å². The first-order valence-corrected chi connectivity index (χ1v) is 8.04. The van der Waals surface area contributed by atoms with Gasteiger partial charge in [-0.3, -0.25) is 4.68 Å². The molecule has 0 saturated heterocycles. The topological polar surface area (TPSA) is 56.1 Å². The number of hydrogen-bond acceptors (Lipinski definition) is 4. The number of nitrogens with zero attached hydrogens (tertiary/aromatic N) is 2. The van der Waals surface area contributed by atoms with Crippen LogP contribution in [0, 0.1) is 5.92 Å². The van der Waals surface area contributed by atoms with E-state index in [1.54, 1.807) is 10.9 Å². The Morgan fingerprint density at radius 1 is 1.48 bits per heavy atom. The predicted octanol–water partition coefficient (Wildman–Crippen LogP) is 2.66. The third kappa shape index (κ3) is 4.06. The predicted molar refractivity (Wildman–Crippen MR) is 82.0 cm³/mol. The summed E-state index contributed by atoms with van der Waals surface area (Å²) in [4.78, 5) is 11.9. The monoisotopic (exact) mass is 293 g/mol. The molecule has 1 saturated carbocycles. The molecule has 5 nitrogen and oxygen atoms in total. The van der Waals surface area contributed by atoms with E-state index in [-0.39, 0.29) is 5.97 Å². The molecule has 5 heteroatoms. The largest absolute Gasteiger partial charge is 0.462 e. The van der Waals surface area contributed by atoms with Gasteiger partial charge in [0.25, 0.3) is 0 Å². The minimum atomic E-state index is -0.285. The molecule has 118 valence electrons. The van der Waals surface area contributed by atoms with Crippen LogP contribution in [-0.4, -0.2) is 28.4 Å². The minimum absolute atomic E-state index is 0.285. The van der Waals surface area contributed by atoms with Crippen molar-refractivity contribution in [2.75, 3.05) is 6.61 Å². The molecule has 0 aromatic carbocycles. The fraction of sp³-hybridized carbons (Fsp3) is 0.750. The third-order valence-electron chi connectivity index (χ3n) is 4.51. The summed E-state index contributed by atoms with van der Waals surface area (Å²) in [7, 11) is 1.87. The molecule has 0 bridgehead atoms. The lowest BCUT2D eigenvalue weighted by Gasteiger charge is -2.28. The average Bonchev–Trinajstić information content (AvgIpc) is 2.87. The Morgan fingerprint density at radius 2 is 2.19 bits per heavy atom. The molecule has 0 unspecified atom stereocenters. The molecular weight excluding hydrogens is 266 g/mol. The molecule has 1 atom stereocenters. The van der Waals surface area contributed by atoms with E-state index in [1.807, 2.05) is 14.0 Å². The molecule has 0 radical (unpaired) electrons. The van der Waals surface area contributed by atoms with Crippen molar-refractivity contribution in [1.82, 2.24) is 15.1 Å². The molecule has 0 aliphatic heterocycles. The fourth-order valence-corrected chi connectivity index (χ4v) is 3.11. The molecule has 21 heavy (non-hydrogen) atoms. The van der Waals surface area contributed by atoms with Crippen LogP contribution in [0.25, 0.3) is 0 Å². The fourth-order valence-electron chi connectivity index (χ4n) is 3.11. The van der Waals surface area contributed by atoms with E-state index >= 15 is 0 Å². The van der Waals surface area contributed by atoms with Gasteiger partial charge in [-0.2, -0.15) is 5.10 Å². The van der Waals surface area contributed by atoms with Crippen LogP contribution in [0.2, 0.25) is 0 Å². The highest BCUT2D eigenvalue weighted by atomic mass is 16.5. The standard InChI is InChI=1S/C16H27N3O2/c1-4-21-16(20)14-10-18-19(3)15(14)11-17-12(2)13-8-6-5-7-9-13/h10,12-13,17H,4-9,11H2,1-3H3/t12-/m1/s1. The van der Waals surface area contributed by atoms with E-state index in [4.69, 9.17) is 4.74 Å². The van der Waals surface area contributed by atoms with Crippen molar-refractivity contribution in [3.63, 3.8) is 0 Å². The van der Waals surface area contributed by atoms with Crippen LogP contribution in [0.15, 0.2) is 6.20 Å². The number of aryl methyl sites for hydroxylation is 1. The zero-order valence-corrected chi connectivity index (χ0v) is 13.4. The van der Waals surface area contributed by atoms with E-state index in [9.17, 15) is 4.79 Å². The summed E-state index contributed by atoms with van der Waals surface area (Å²) in [5.74, 6) is 0.464. The van der Waals surface area contributed by atoms with Crippen LogP contribution in [0.1, 0.15) is 62.0 Å². The SMILES string of the molecule is CCOC(=O)c1cnn(C)c1CN[C@H](C)C1CCCCC1. The summed E-state index contributed by atoms with van der Waals surface area (Å²) in [6, 6.07) is 0.468. The molecule has 2 rings (SSSR count). The second-order valence-electron chi connectivity index (χ2n) is 5.92. The summed E-state index contributed by atoms with van der Waals surface area (Å²) < 4.78 is 6.84. The van der Waals surface area contributed by atoms with E-state index in [1.165, 1.54) is 32.1 Å². The van der Waals surface area contributed by atoms with Crippen molar-refractivity contribution in [2.45, 2.75) is 58.5 Å². The zero-order chi connectivity index (χ0) is 15.2. The molecule has 0 spiro atoms. The lowest BCUT2D eigenvalue weighted by Crippen LogP contribution is -2.35. The van der Waals surface area contributed by atoms with E-state index in [0.717, 1.165) is 11.6 Å². The highest BCUT2D eigenvalue weighted by Crippen LogP contribution is 2.26. The highest BCUT2D eigenvalue weighted by molar-refractivity contribution is 5.90. The van der Waals surface area contributed by atoms with E-state index in [0.29, 0.717) is 24.8 Å². The molecule has 1 aromatic rings. The number of esters is 1. The number of ether oxygens (including phenoxy) is 1. The van der Waals surface area contributed by atoms with Gasteiger partial charge in [0.05, 0.1) is 18.5 Å². The van der Waals surface area contributed by atoms with Gasteiger partial charge in [-0.25, -0.2) is 4.79 Å². The maximum atomic E-state index is 11.9. The second-order valence-corrected chi connectivity index (χ2v) is 5.92. The number of carbonyl (C=O) groups is 1. The van der Waals surface area contributed by atoms with Crippen molar-refractivity contribution in [1.29, 1.82) is 0 Å². The lowest BCUT2D eigenvalue weighted by atomic mass is 9.84. The molecule has 1 heterocycles. The highest BCUT2D eigenvalue weighted by Gasteiger charge is 2.22. The van der Waals surface area contributed by atoms with Gasteiger partial charge in [-0.15, -0.1) is 0 Å². The van der Waals surface area contributed by atoms with Gasteiger partial charge >= 0.3 is 5.97 Å². The second kappa shape index (κ2) is 7.59. The van der Waals surface area contributed by atoms with Crippen molar-refractivity contribution < 1.29 is 9.53 Å².